The van der Waals surface area contributed by atoms with Crippen LogP contribution in [-0.2, 0) is 6.18 Å². The third-order valence-electron chi connectivity index (χ3n) is 2.35. The molecule has 0 spiro atoms. The fourth-order valence-electron chi connectivity index (χ4n) is 1.55. The van der Waals surface area contributed by atoms with Crippen molar-refractivity contribution in [3.63, 3.8) is 0 Å². The van der Waals surface area contributed by atoms with E-state index in [2.05, 4.69) is 9.97 Å². The maximum absolute atomic E-state index is 12.2. The van der Waals surface area contributed by atoms with Crippen molar-refractivity contribution in [1.82, 2.24) is 9.97 Å². The van der Waals surface area contributed by atoms with Crippen molar-refractivity contribution < 1.29 is 13.2 Å². The van der Waals surface area contributed by atoms with Crippen molar-refractivity contribution in [2.45, 2.75) is 19.0 Å². The van der Waals surface area contributed by atoms with Gasteiger partial charge in [-0.05, 0) is 12.8 Å². The van der Waals surface area contributed by atoms with Gasteiger partial charge in [0.15, 0.2) is 0 Å². The van der Waals surface area contributed by atoms with Gasteiger partial charge in [-0.1, -0.05) is 0 Å². The lowest BCUT2D eigenvalue weighted by Gasteiger charge is -2.15. The Hall–Kier alpha value is -1.33. The van der Waals surface area contributed by atoms with Gasteiger partial charge in [0, 0.05) is 25.5 Å². The van der Waals surface area contributed by atoms with Crippen molar-refractivity contribution >= 4 is 5.95 Å². The van der Waals surface area contributed by atoms with Crippen LogP contribution in [0.1, 0.15) is 18.4 Å². The fourth-order valence-corrected chi connectivity index (χ4v) is 1.55. The number of aromatic nitrogens is 2. The van der Waals surface area contributed by atoms with E-state index in [1.165, 1.54) is 0 Å². The number of alkyl halides is 3. The van der Waals surface area contributed by atoms with Gasteiger partial charge in [0.2, 0.25) is 5.95 Å². The van der Waals surface area contributed by atoms with Crippen LogP contribution in [0.3, 0.4) is 0 Å². The van der Waals surface area contributed by atoms with Gasteiger partial charge < -0.3 is 4.90 Å². The highest BCUT2D eigenvalue weighted by Gasteiger charge is 2.31. The second-order valence-corrected chi connectivity index (χ2v) is 3.46. The minimum Gasteiger partial charge on any atom is -0.341 e. The van der Waals surface area contributed by atoms with E-state index < -0.39 is 11.7 Å². The van der Waals surface area contributed by atoms with E-state index >= 15 is 0 Å². The Morgan fingerprint density at radius 1 is 1.07 bits per heavy atom. The molecule has 1 aromatic heterocycles. The molecule has 3 nitrogen and oxygen atoms in total. The summed E-state index contributed by atoms with van der Waals surface area (Å²) in [5.41, 5.74) is -0.801. The molecule has 1 aromatic rings. The molecule has 15 heavy (non-hydrogen) atoms. The van der Waals surface area contributed by atoms with Crippen molar-refractivity contribution in [2.75, 3.05) is 18.0 Å². The second kappa shape index (κ2) is 3.67. The summed E-state index contributed by atoms with van der Waals surface area (Å²) in [4.78, 5) is 9.33. The minimum absolute atomic E-state index is 0.389. The summed E-state index contributed by atoms with van der Waals surface area (Å²) in [6, 6.07) is 0. The molecule has 2 heterocycles. The number of anilines is 1. The summed E-state index contributed by atoms with van der Waals surface area (Å²) < 4.78 is 36.6. The first-order valence-corrected chi connectivity index (χ1v) is 4.71. The van der Waals surface area contributed by atoms with Crippen LogP contribution >= 0.6 is 0 Å². The zero-order valence-corrected chi connectivity index (χ0v) is 7.96. The normalized spacial score (nSPS) is 17.1. The van der Waals surface area contributed by atoms with E-state index in [4.69, 9.17) is 0 Å². The third-order valence-corrected chi connectivity index (χ3v) is 2.35. The molecule has 0 bridgehead atoms. The summed E-state index contributed by atoms with van der Waals surface area (Å²) in [6.45, 7) is 1.65. The summed E-state index contributed by atoms with van der Waals surface area (Å²) in [5.74, 6) is 0.389. The molecule has 0 radical (unpaired) electrons. The molecule has 2 rings (SSSR count). The monoisotopic (exact) mass is 217 g/mol. The molecule has 0 saturated carbocycles. The smallest absolute Gasteiger partial charge is 0.341 e. The molecule has 1 fully saturated rings. The van der Waals surface area contributed by atoms with Crippen LogP contribution in [0.5, 0.6) is 0 Å². The SMILES string of the molecule is FC(F)(F)c1cnc(N2CCCC2)nc1. The number of rotatable bonds is 1. The Balaban J connectivity index is 2.16. The zero-order valence-electron chi connectivity index (χ0n) is 7.96. The van der Waals surface area contributed by atoms with Gasteiger partial charge >= 0.3 is 6.18 Å². The topological polar surface area (TPSA) is 29.0 Å². The molecule has 1 aliphatic heterocycles. The fraction of sp³-hybridized carbons (Fsp3) is 0.556. The van der Waals surface area contributed by atoms with E-state index in [0.717, 1.165) is 38.3 Å². The maximum atomic E-state index is 12.2. The number of hydrogen-bond donors (Lipinski definition) is 0. The molecule has 1 aliphatic rings. The summed E-state index contributed by atoms with van der Waals surface area (Å²) in [6.07, 6.45) is -0.598. The van der Waals surface area contributed by atoms with Gasteiger partial charge in [0.25, 0.3) is 0 Å². The summed E-state index contributed by atoms with van der Waals surface area (Å²) >= 11 is 0. The molecule has 0 aliphatic carbocycles. The first-order valence-electron chi connectivity index (χ1n) is 4.71. The van der Waals surface area contributed by atoms with Gasteiger partial charge in [0.1, 0.15) is 0 Å². The lowest BCUT2D eigenvalue weighted by molar-refractivity contribution is -0.138. The molecule has 0 N–H and O–H groups in total. The predicted molar refractivity (Wildman–Crippen MR) is 48.5 cm³/mol. The first-order chi connectivity index (χ1) is 7.07. The van der Waals surface area contributed by atoms with Crippen LogP contribution in [-0.4, -0.2) is 23.1 Å². The maximum Gasteiger partial charge on any atom is 0.419 e. The second-order valence-electron chi connectivity index (χ2n) is 3.46. The molecule has 1 saturated heterocycles. The lowest BCUT2D eigenvalue weighted by Crippen LogP contribution is -2.20. The zero-order chi connectivity index (χ0) is 10.9. The molecule has 0 aromatic carbocycles. The van der Waals surface area contributed by atoms with E-state index in [1.807, 2.05) is 4.90 Å². The first kappa shape index (κ1) is 10.2. The highest BCUT2D eigenvalue weighted by Crippen LogP contribution is 2.28. The number of nitrogens with zero attached hydrogens (tertiary/aromatic N) is 3. The average molecular weight is 217 g/mol. The van der Waals surface area contributed by atoms with E-state index in [0.29, 0.717) is 5.95 Å². The van der Waals surface area contributed by atoms with E-state index in [1.54, 1.807) is 0 Å². The molecular formula is C9H10F3N3. The van der Waals surface area contributed by atoms with Gasteiger partial charge in [-0.25, -0.2) is 9.97 Å². The van der Waals surface area contributed by atoms with Crippen molar-refractivity contribution in [3.8, 4) is 0 Å². The molecular weight excluding hydrogens is 207 g/mol. The molecule has 6 heteroatoms. The lowest BCUT2D eigenvalue weighted by atomic mass is 10.3. The Bertz CT molecular complexity index is 327. The van der Waals surface area contributed by atoms with Crippen LogP contribution in [0.15, 0.2) is 12.4 Å². The highest BCUT2D eigenvalue weighted by molar-refractivity contribution is 5.31. The summed E-state index contributed by atoms with van der Waals surface area (Å²) in [7, 11) is 0. The van der Waals surface area contributed by atoms with Gasteiger partial charge in [-0.2, -0.15) is 13.2 Å². The quantitative estimate of drug-likeness (QED) is 0.721. The van der Waals surface area contributed by atoms with E-state index in [9.17, 15) is 13.2 Å². The largest absolute Gasteiger partial charge is 0.419 e. The standard InChI is InChI=1S/C9H10F3N3/c10-9(11,12)7-5-13-8(14-6-7)15-3-1-2-4-15/h5-6H,1-4H2. The number of hydrogen-bond acceptors (Lipinski definition) is 3. The molecule has 0 unspecified atom stereocenters. The Labute approximate surface area is 84.9 Å². The van der Waals surface area contributed by atoms with Crippen molar-refractivity contribution in [3.05, 3.63) is 18.0 Å². The average Bonchev–Trinajstić information content (AvgIpc) is 2.69. The van der Waals surface area contributed by atoms with E-state index in [-0.39, 0.29) is 0 Å². The van der Waals surface area contributed by atoms with Gasteiger partial charge in [-0.15, -0.1) is 0 Å². The Morgan fingerprint density at radius 2 is 1.60 bits per heavy atom. The molecule has 0 amide bonds. The van der Waals surface area contributed by atoms with Crippen LogP contribution in [0.4, 0.5) is 19.1 Å². The highest BCUT2D eigenvalue weighted by atomic mass is 19.4. The van der Waals surface area contributed by atoms with Crippen LogP contribution < -0.4 is 4.90 Å². The van der Waals surface area contributed by atoms with Crippen LogP contribution in [0, 0.1) is 0 Å². The minimum atomic E-state index is -4.36. The predicted octanol–water partition coefficient (Wildman–Crippen LogP) is 2.10. The third kappa shape index (κ3) is 2.19. The summed E-state index contributed by atoms with van der Waals surface area (Å²) in [5, 5.41) is 0. The van der Waals surface area contributed by atoms with Crippen molar-refractivity contribution in [1.29, 1.82) is 0 Å². The van der Waals surface area contributed by atoms with Gasteiger partial charge in [-0.3, -0.25) is 0 Å². The van der Waals surface area contributed by atoms with Gasteiger partial charge in [0.05, 0.1) is 5.56 Å². The Morgan fingerprint density at radius 3 is 2.07 bits per heavy atom. The Kier molecular flexibility index (Phi) is 2.50. The van der Waals surface area contributed by atoms with Crippen LogP contribution in [0.2, 0.25) is 0 Å². The molecule has 82 valence electrons. The molecule has 0 atom stereocenters. The number of halogens is 3. The van der Waals surface area contributed by atoms with Crippen LogP contribution in [0.25, 0.3) is 0 Å². The van der Waals surface area contributed by atoms with Crippen molar-refractivity contribution in [2.24, 2.45) is 0 Å².